The van der Waals surface area contributed by atoms with Crippen molar-refractivity contribution in [3.63, 3.8) is 0 Å². The highest BCUT2D eigenvalue weighted by Gasteiger charge is 2.42. The van der Waals surface area contributed by atoms with E-state index < -0.39 is 0 Å². The Balaban J connectivity index is 1.90. The Morgan fingerprint density at radius 2 is 2.35 bits per heavy atom. The first-order chi connectivity index (χ1) is 9.72. The molecule has 2 unspecified atom stereocenters. The van der Waals surface area contributed by atoms with Crippen LogP contribution in [0.5, 0.6) is 5.75 Å². The summed E-state index contributed by atoms with van der Waals surface area (Å²) in [7, 11) is 0. The number of fused-ring (bicyclic) bond motifs is 1. The van der Waals surface area contributed by atoms with Gasteiger partial charge < -0.3 is 14.8 Å². The maximum Gasteiger partial charge on any atom is 0.134 e. The van der Waals surface area contributed by atoms with E-state index in [2.05, 4.69) is 12.2 Å². The van der Waals surface area contributed by atoms with E-state index in [1.54, 1.807) is 0 Å². The number of hydrogen-bond acceptors (Lipinski definition) is 3. The van der Waals surface area contributed by atoms with Crippen molar-refractivity contribution in [2.45, 2.75) is 44.2 Å². The molecule has 20 heavy (non-hydrogen) atoms. The van der Waals surface area contributed by atoms with Crippen molar-refractivity contribution >= 4 is 11.6 Å². The molecule has 2 aliphatic rings. The zero-order valence-corrected chi connectivity index (χ0v) is 12.7. The monoisotopic (exact) mass is 295 g/mol. The highest BCUT2D eigenvalue weighted by Crippen LogP contribution is 2.43. The van der Waals surface area contributed by atoms with Crippen molar-refractivity contribution in [2.75, 3.05) is 19.8 Å². The van der Waals surface area contributed by atoms with Gasteiger partial charge in [-0.15, -0.1) is 0 Å². The smallest absolute Gasteiger partial charge is 0.134 e. The SMILES string of the molecule is CCCNC1CC2(CCCOC2)Oc2ccc(Cl)cc21. The van der Waals surface area contributed by atoms with E-state index in [-0.39, 0.29) is 5.60 Å². The number of benzene rings is 1. The minimum absolute atomic E-state index is 0.162. The molecule has 0 aliphatic carbocycles. The van der Waals surface area contributed by atoms with E-state index in [4.69, 9.17) is 21.1 Å². The fraction of sp³-hybridized carbons (Fsp3) is 0.625. The molecule has 2 heterocycles. The van der Waals surface area contributed by atoms with Gasteiger partial charge in [0.1, 0.15) is 11.4 Å². The average molecular weight is 296 g/mol. The third kappa shape index (κ3) is 2.80. The molecule has 1 spiro atoms. The van der Waals surface area contributed by atoms with Gasteiger partial charge in [-0.3, -0.25) is 0 Å². The van der Waals surface area contributed by atoms with Crippen molar-refractivity contribution in [1.29, 1.82) is 0 Å². The molecule has 2 atom stereocenters. The Hall–Kier alpha value is -0.770. The van der Waals surface area contributed by atoms with Gasteiger partial charge in [0.25, 0.3) is 0 Å². The molecular weight excluding hydrogens is 274 g/mol. The first-order valence-corrected chi connectivity index (χ1v) is 7.90. The van der Waals surface area contributed by atoms with E-state index in [9.17, 15) is 0 Å². The molecule has 0 bridgehead atoms. The van der Waals surface area contributed by atoms with Crippen LogP contribution in [0.4, 0.5) is 0 Å². The Morgan fingerprint density at radius 1 is 1.45 bits per heavy atom. The van der Waals surface area contributed by atoms with E-state index in [0.29, 0.717) is 12.6 Å². The largest absolute Gasteiger partial charge is 0.484 e. The van der Waals surface area contributed by atoms with Crippen LogP contribution in [-0.4, -0.2) is 25.4 Å². The lowest BCUT2D eigenvalue weighted by atomic mass is 9.83. The normalized spacial score (nSPS) is 29.0. The third-order valence-corrected chi connectivity index (χ3v) is 4.41. The van der Waals surface area contributed by atoms with E-state index in [0.717, 1.165) is 49.6 Å². The van der Waals surface area contributed by atoms with Crippen LogP contribution >= 0.6 is 11.6 Å². The lowest BCUT2D eigenvalue weighted by Gasteiger charge is -2.44. The van der Waals surface area contributed by atoms with Crippen LogP contribution < -0.4 is 10.1 Å². The molecule has 110 valence electrons. The Bertz CT molecular complexity index is 472. The maximum absolute atomic E-state index is 6.30. The highest BCUT2D eigenvalue weighted by atomic mass is 35.5. The lowest BCUT2D eigenvalue weighted by Crippen LogP contribution is -2.49. The standard InChI is InChI=1S/C16H22ClNO2/c1-2-7-18-14-10-16(6-3-8-19-11-16)20-15-5-4-12(17)9-13(14)15/h4-5,9,14,18H,2-3,6-8,10-11H2,1H3. The van der Waals surface area contributed by atoms with Gasteiger partial charge in [0.2, 0.25) is 0 Å². The van der Waals surface area contributed by atoms with Crippen molar-refractivity contribution in [3.05, 3.63) is 28.8 Å². The van der Waals surface area contributed by atoms with Crippen LogP contribution in [0.25, 0.3) is 0 Å². The topological polar surface area (TPSA) is 30.5 Å². The summed E-state index contributed by atoms with van der Waals surface area (Å²) in [6.45, 7) is 4.74. The van der Waals surface area contributed by atoms with Crippen LogP contribution in [0.1, 0.15) is 44.2 Å². The summed E-state index contributed by atoms with van der Waals surface area (Å²) < 4.78 is 12.0. The number of hydrogen-bond donors (Lipinski definition) is 1. The van der Waals surface area contributed by atoms with Gasteiger partial charge in [-0.25, -0.2) is 0 Å². The molecular formula is C16H22ClNO2. The first-order valence-electron chi connectivity index (χ1n) is 7.52. The summed E-state index contributed by atoms with van der Waals surface area (Å²) >= 11 is 6.15. The number of ether oxygens (including phenoxy) is 2. The molecule has 1 aromatic carbocycles. The average Bonchev–Trinajstić information content (AvgIpc) is 2.46. The van der Waals surface area contributed by atoms with Crippen LogP contribution in [0.2, 0.25) is 5.02 Å². The second-order valence-electron chi connectivity index (χ2n) is 5.83. The van der Waals surface area contributed by atoms with Gasteiger partial charge in [0, 0.05) is 29.7 Å². The summed E-state index contributed by atoms with van der Waals surface area (Å²) in [6, 6.07) is 6.23. The molecule has 3 nitrogen and oxygen atoms in total. The molecule has 2 aliphatic heterocycles. The summed E-state index contributed by atoms with van der Waals surface area (Å²) in [6.07, 6.45) is 4.22. The number of nitrogens with one attached hydrogen (secondary N) is 1. The Labute approximate surface area is 125 Å². The van der Waals surface area contributed by atoms with Gasteiger partial charge in [-0.05, 0) is 44.0 Å². The highest BCUT2D eigenvalue weighted by molar-refractivity contribution is 6.30. The van der Waals surface area contributed by atoms with Crippen molar-refractivity contribution in [2.24, 2.45) is 0 Å². The van der Waals surface area contributed by atoms with E-state index in [1.807, 2.05) is 18.2 Å². The van der Waals surface area contributed by atoms with Gasteiger partial charge in [-0.1, -0.05) is 18.5 Å². The predicted molar refractivity (Wildman–Crippen MR) is 80.5 cm³/mol. The summed E-state index contributed by atoms with van der Waals surface area (Å²) in [5.74, 6) is 0.958. The Morgan fingerprint density at radius 3 is 3.10 bits per heavy atom. The second-order valence-corrected chi connectivity index (χ2v) is 6.27. The predicted octanol–water partition coefficient (Wildman–Crippen LogP) is 3.71. The third-order valence-electron chi connectivity index (χ3n) is 4.18. The molecule has 1 N–H and O–H groups in total. The molecule has 0 saturated carbocycles. The quantitative estimate of drug-likeness (QED) is 0.922. The Kier molecular flexibility index (Phi) is 4.20. The van der Waals surface area contributed by atoms with Crippen molar-refractivity contribution in [3.8, 4) is 5.75 Å². The molecule has 1 fully saturated rings. The van der Waals surface area contributed by atoms with Gasteiger partial charge in [0.15, 0.2) is 0 Å². The van der Waals surface area contributed by atoms with Gasteiger partial charge in [-0.2, -0.15) is 0 Å². The first kappa shape index (κ1) is 14.2. The maximum atomic E-state index is 6.30. The zero-order valence-electron chi connectivity index (χ0n) is 12.0. The lowest BCUT2D eigenvalue weighted by molar-refractivity contribution is -0.0855. The fourth-order valence-corrected chi connectivity index (χ4v) is 3.39. The molecule has 1 aromatic rings. The minimum Gasteiger partial charge on any atom is -0.484 e. The van der Waals surface area contributed by atoms with Crippen molar-refractivity contribution in [1.82, 2.24) is 5.32 Å². The number of rotatable bonds is 3. The molecule has 0 radical (unpaired) electrons. The van der Waals surface area contributed by atoms with Crippen LogP contribution in [-0.2, 0) is 4.74 Å². The van der Waals surface area contributed by atoms with E-state index >= 15 is 0 Å². The van der Waals surface area contributed by atoms with E-state index in [1.165, 1.54) is 5.56 Å². The van der Waals surface area contributed by atoms with Gasteiger partial charge >= 0.3 is 0 Å². The molecule has 0 aromatic heterocycles. The summed E-state index contributed by atoms with van der Waals surface area (Å²) in [4.78, 5) is 0. The molecule has 3 rings (SSSR count). The van der Waals surface area contributed by atoms with Crippen LogP contribution in [0.15, 0.2) is 18.2 Å². The fourth-order valence-electron chi connectivity index (χ4n) is 3.21. The molecule has 0 amide bonds. The second kappa shape index (κ2) is 5.92. The van der Waals surface area contributed by atoms with Crippen LogP contribution in [0, 0.1) is 0 Å². The number of halogens is 1. The minimum atomic E-state index is -0.162. The molecule has 1 saturated heterocycles. The van der Waals surface area contributed by atoms with Crippen LogP contribution in [0.3, 0.4) is 0 Å². The zero-order chi connectivity index (χ0) is 14.0. The van der Waals surface area contributed by atoms with Gasteiger partial charge in [0.05, 0.1) is 6.61 Å². The molecule has 4 heteroatoms. The summed E-state index contributed by atoms with van der Waals surface area (Å²) in [5, 5.41) is 4.40. The van der Waals surface area contributed by atoms with Crippen molar-refractivity contribution < 1.29 is 9.47 Å². The summed E-state index contributed by atoms with van der Waals surface area (Å²) in [5.41, 5.74) is 1.02.